The van der Waals surface area contributed by atoms with E-state index < -0.39 is 15.6 Å². The molecule has 1 aromatic rings. The number of carbonyl (C=O) groups is 1. The maximum atomic E-state index is 12.6. The Kier molecular flexibility index (Phi) is 4.41. The van der Waals surface area contributed by atoms with Gasteiger partial charge < -0.3 is 14.7 Å². The Balaban J connectivity index is 1.87. The third kappa shape index (κ3) is 3.19. The number of benzene rings is 1. The van der Waals surface area contributed by atoms with Gasteiger partial charge in [0.25, 0.3) is 0 Å². The molecule has 0 bridgehead atoms. The zero-order valence-corrected chi connectivity index (χ0v) is 14.6. The average molecular weight is 354 g/mol. The van der Waals surface area contributed by atoms with E-state index in [0.717, 1.165) is 16.8 Å². The fourth-order valence-corrected chi connectivity index (χ4v) is 4.54. The van der Waals surface area contributed by atoms with Crippen LogP contribution in [0.2, 0.25) is 0 Å². The molecule has 24 heavy (non-hydrogen) atoms. The van der Waals surface area contributed by atoms with Crippen molar-refractivity contribution in [1.82, 2.24) is 4.72 Å². The highest BCUT2D eigenvalue weighted by Gasteiger charge is 2.33. The third-order valence-electron chi connectivity index (χ3n) is 4.43. The highest BCUT2D eigenvalue weighted by molar-refractivity contribution is 7.89. The lowest BCUT2D eigenvalue weighted by Gasteiger charge is -2.26. The van der Waals surface area contributed by atoms with Crippen molar-refractivity contribution in [2.75, 3.05) is 31.7 Å². The molecule has 132 valence electrons. The van der Waals surface area contributed by atoms with Crippen LogP contribution >= 0.6 is 0 Å². The molecular formula is C16H22N2O5S. The molecule has 8 heteroatoms. The molecule has 0 saturated heterocycles. The third-order valence-corrected chi connectivity index (χ3v) is 5.81. The van der Waals surface area contributed by atoms with Gasteiger partial charge in [-0.15, -0.1) is 0 Å². The molecule has 0 unspecified atom stereocenters. The van der Waals surface area contributed by atoms with Crippen LogP contribution in [0.15, 0.2) is 17.0 Å². The van der Waals surface area contributed by atoms with E-state index in [4.69, 9.17) is 4.74 Å². The van der Waals surface area contributed by atoms with Crippen LogP contribution in [0.25, 0.3) is 0 Å². The van der Waals surface area contributed by atoms with Crippen LogP contribution < -0.4 is 9.62 Å². The molecule has 0 radical (unpaired) electrons. The van der Waals surface area contributed by atoms with Gasteiger partial charge in [-0.2, -0.15) is 0 Å². The monoisotopic (exact) mass is 354 g/mol. The fraction of sp³-hybridized carbons (Fsp3) is 0.562. The number of aryl methyl sites for hydroxylation is 1. The minimum atomic E-state index is -3.74. The van der Waals surface area contributed by atoms with E-state index in [1.165, 1.54) is 14.0 Å². The van der Waals surface area contributed by atoms with Crippen LogP contribution in [-0.2, 0) is 32.4 Å². The smallest absolute Gasteiger partial charge is 0.240 e. The molecule has 7 nitrogen and oxygen atoms in total. The second-order valence-electron chi connectivity index (χ2n) is 6.64. The van der Waals surface area contributed by atoms with Crippen LogP contribution in [0.1, 0.15) is 24.5 Å². The highest BCUT2D eigenvalue weighted by Crippen LogP contribution is 2.38. The number of carbonyl (C=O) groups excluding carboxylic acids is 1. The standard InChI is InChI=1S/C16H22N2O5S/c1-16(20,10-23-2)9-17-24(21,22)13-7-11-3-4-14(19)18-6-5-12(8-13)15(11)18/h7-8,17,20H,3-6,9-10H2,1-2H3/t16-/m0/s1. The molecule has 1 atom stereocenters. The van der Waals surface area contributed by atoms with Gasteiger partial charge in [0, 0.05) is 26.6 Å². The summed E-state index contributed by atoms with van der Waals surface area (Å²) in [6.07, 6.45) is 1.63. The second kappa shape index (κ2) is 6.11. The van der Waals surface area contributed by atoms with Crippen molar-refractivity contribution in [3.8, 4) is 0 Å². The first kappa shape index (κ1) is 17.3. The zero-order chi connectivity index (χ0) is 17.5. The van der Waals surface area contributed by atoms with Crippen molar-refractivity contribution in [2.24, 2.45) is 0 Å². The van der Waals surface area contributed by atoms with Crippen LogP contribution in [0, 0.1) is 0 Å². The van der Waals surface area contributed by atoms with Gasteiger partial charge in [-0.1, -0.05) is 0 Å². The molecule has 0 aromatic heterocycles. The molecule has 2 N–H and O–H groups in total. The van der Waals surface area contributed by atoms with Gasteiger partial charge in [-0.3, -0.25) is 4.79 Å². The zero-order valence-electron chi connectivity index (χ0n) is 13.8. The van der Waals surface area contributed by atoms with E-state index in [1.54, 1.807) is 17.0 Å². The Labute approximate surface area is 141 Å². The number of amides is 1. The summed E-state index contributed by atoms with van der Waals surface area (Å²) in [5, 5.41) is 10.1. The van der Waals surface area contributed by atoms with E-state index in [-0.39, 0.29) is 24.0 Å². The van der Waals surface area contributed by atoms with Gasteiger partial charge in [-0.05, 0) is 43.0 Å². The summed E-state index contributed by atoms with van der Waals surface area (Å²) in [6, 6.07) is 3.27. The Morgan fingerprint density at radius 3 is 2.62 bits per heavy atom. The molecular weight excluding hydrogens is 332 g/mol. The minimum absolute atomic E-state index is 0.0298. The number of anilines is 1. The number of aliphatic hydroxyl groups is 1. The number of ether oxygens (including phenoxy) is 1. The predicted molar refractivity (Wildman–Crippen MR) is 88.5 cm³/mol. The first-order chi connectivity index (χ1) is 11.2. The molecule has 1 amide bonds. The molecule has 1 aromatic carbocycles. The van der Waals surface area contributed by atoms with Gasteiger partial charge >= 0.3 is 0 Å². The van der Waals surface area contributed by atoms with Gasteiger partial charge in [0.2, 0.25) is 15.9 Å². The van der Waals surface area contributed by atoms with Crippen molar-refractivity contribution in [3.63, 3.8) is 0 Å². The van der Waals surface area contributed by atoms with Crippen molar-refractivity contribution in [2.45, 2.75) is 36.7 Å². The lowest BCUT2D eigenvalue weighted by Crippen LogP contribution is -2.43. The van der Waals surface area contributed by atoms with Crippen molar-refractivity contribution in [3.05, 3.63) is 23.3 Å². The summed E-state index contributed by atoms with van der Waals surface area (Å²) in [5.41, 5.74) is 1.39. The SMILES string of the molecule is COC[C@@](C)(O)CNS(=O)(=O)c1cc2c3c(c1)CCN3C(=O)CC2. The number of rotatable bonds is 6. The summed E-state index contributed by atoms with van der Waals surface area (Å²) in [5.74, 6) is 0.102. The molecule has 0 saturated carbocycles. The number of hydrogen-bond acceptors (Lipinski definition) is 5. The van der Waals surface area contributed by atoms with Crippen LogP contribution in [0.4, 0.5) is 5.69 Å². The Morgan fingerprint density at radius 2 is 1.96 bits per heavy atom. The summed E-state index contributed by atoms with van der Waals surface area (Å²) < 4.78 is 32.5. The van der Waals surface area contributed by atoms with E-state index in [9.17, 15) is 18.3 Å². The lowest BCUT2D eigenvalue weighted by molar-refractivity contribution is -0.118. The van der Waals surface area contributed by atoms with E-state index in [1.807, 2.05) is 0 Å². The summed E-state index contributed by atoms with van der Waals surface area (Å²) >= 11 is 0. The van der Waals surface area contributed by atoms with Crippen molar-refractivity contribution < 1.29 is 23.1 Å². The second-order valence-corrected chi connectivity index (χ2v) is 8.41. The largest absolute Gasteiger partial charge is 0.386 e. The number of nitrogens with zero attached hydrogens (tertiary/aromatic N) is 1. The van der Waals surface area contributed by atoms with Crippen molar-refractivity contribution >= 4 is 21.6 Å². The molecule has 3 rings (SSSR count). The first-order valence-electron chi connectivity index (χ1n) is 7.91. The molecule has 2 aliphatic rings. The Hall–Kier alpha value is -1.48. The summed E-state index contributed by atoms with van der Waals surface area (Å²) in [4.78, 5) is 13.9. The quantitative estimate of drug-likeness (QED) is 0.761. The first-order valence-corrected chi connectivity index (χ1v) is 9.39. The molecule has 2 aliphatic heterocycles. The minimum Gasteiger partial charge on any atom is -0.386 e. The normalized spacial score (nSPS) is 19.3. The van der Waals surface area contributed by atoms with E-state index in [0.29, 0.717) is 25.8 Å². The van der Waals surface area contributed by atoms with Crippen molar-refractivity contribution in [1.29, 1.82) is 0 Å². The maximum absolute atomic E-state index is 12.6. The number of sulfonamides is 1. The number of methoxy groups -OCH3 is 1. The van der Waals surface area contributed by atoms with Gasteiger partial charge in [0.1, 0.15) is 0 Å². The topological polar surface area (TPSA) is 95.9 Å². The molecule has 0 aliphatic carbocycles. The predicted octanol–water partition coefficient (Wildman–Crippen LogP) is 0.198. The van der Waals surface area contributed by atoms with E-state index >= 15 is 0 Å². The fourth-order valence-electron chi connectivity index (χ4n) is 3.28. The molecule has 0 fully saturated rings. The Morgan fingerprint density at radius 1 is 1.29 bits per heavy atom. The lowest BCUT2D eigenvalue weighted by atomic mass is 10.00. The molecule has 2 heterocycles. The van der Waals surface area contributed by atoms with Crippen LogP contribution in [0.5, 0.6) is 0 Å². The summed E-state index contributed by atoms with van der Waals surface area (Å²) in [7, 11) is -2.30. The average Bonchev–Trinajstić information content (AvgIpc) is 2.95. The van der Waals surface area contributed by atoms with E-state index in [2.05, 4.69) is 4.72 Å². The van der Waals surface area contributed by atoms with Gasteiger partial charge in [0.15, 0.2) is 0 Å². The molecule has 0 spiro atoms. The van der Waals surface area contributed by atoms with Gasteiger partial charge in [0.05, 0.1) is 22.8 Å². The summed E-state index contributed by atoms with van der Waals surface area (Å²) in [6.45, 7) is 2.01. The van der Waals surface area contributed by atoms with Crippen LogP contribution in [0.3, 0.4) is 0 Å². The number of nitrogens with one attached hydrogen (secondary N) is 1. The van der Waals surface area contributed by atoms with Crippen LogP contribution in [-0.4, -0.2) is 51.8 Å². The number of hydrogen-bond donors (Lipinski definition) is 2. The maximum Gasteiger partial charge on any atom is 0.240 e. The Bertz CT molecular complexity index is 773. The van der Waals surface area contributed by atoms with Gasteiger partial charge in [-0.25, -0.2) is 13.1 Å². The highest BCUT2D eigenvalue weighted by atomic mass is 32.2.